The fraction of sp³-hybridized carbons (Fsp3) is 0.333. The van der Waals surface area contributed by atoms with Crippen molar-refractivity contribution in [3.63, 3.8) is 0 Å². The van der Waals surface area contributed by atoms with E-state index in [-0.39, 0.29) is 48.0 Å². The quantitative estimate of drug-likeness (QED) is 0.453. The summed E-state index contributed by atoms with van der Waals surface area (Å²) < 4.78 is 44.5. The minimum Gasteiger partial charge on any atom is -0.465 e. The van der Waals surface area contributed by atoms with Gasteiger partial charge in [-0.15, -0.1) is 6.58 Å². The highest BCUT2D eigenvalue weighted by molar-refractivity contribution is 9.10. The summed E-state index contributed by atoms with van der Waals surface area (Å²) in [6.07, 6.45) is 1.27. The SMILES string of the molecule is C=CCC1(S(=O)(=O)Nc2c(Nc3ccc(Br)cc3F)c(C)c(=O)n3c2N(C(=O)O)CC3)CC1. The lowest BCUT2D eigenvalue weighted by Gasteiger charge is -2.25. The average Bonchev–Trinajstić information content (AvgIpc) is 3.40. The predicted molar refractivity (Wildman–Crippen MR) is 128 cm³/mol. The molecule has 1 aromatic carbocycles. The van der Waals surface area contributed by atoms with E-state index in [1.807, 2.05) is 0 Å². The number of anilines is 4. The maximum atomic E-state index is 14.6. The third kappa shape index (κ3) is 3.90. The first-order valence-corrected chi connectivity index (χ1v) is 12.4. The predicted octanol–water partition coefficient (Wildman–Crippen LogP) is 4.15. The summed E-state index contributed by atoms with van der Waals surface area (Å²) in [4.78, 5) is 25.8. The fourth-order valence-corrected chi connectivity index (χ4v) is 6.01. The van der Waals surface area contributed by atoms with Crippen LogP contribution in [0.5, 0.6) is 0 Å². The molecule has 1 amide bonds. The van der Waals surface area contributed by atoms with E-state index in [2.05, 4.69) is 32.5 Å². The topological polar surface area (TPSA) is 121 Å². The van der Waals surface area contributed by atoms with E-state index in [9.17, 15) is 27.5 Å². The maximum absolute atomic E-state index is 14.6. The third-order valence-electron chi connectivity index (χ3n) is 6.03. The summed E-state index contributed by atoms with van der Waals surface area (Å²) in [6.45, 7) is 5.16. The highest BCUT2D eigenvalue weighted by atomic mass is 79.9. The van der Waals surface area contributed by atoms with Crippen molar-refractivity contribution >= 4 is 54.9 Å². The number of nitrogens with zero attached hydrogens (tertiary/aromatic N) is 2. The van der Waals surface area contributed by atoms with Crippen LogP contribution in [0.25, 0.3) is 0 Å². The van der Waals surface area contributed by atoms with Crippen LogP contribution in [0.3, 0.4) is 0 Å². The zero-order chi connectivity index (χ0) is 24.1. The molecule has 0 spiro atoms. The van der Waals surface area contributed by atoms with Crippen LogP contribution in [-0.4, -0.2) is 35.5 Å². The highest BCUT2D eigenvalue weighted by Gasteiger charge is 2.54. The molecule has 1 saturated carbocycles. The second kappa shape index (κ2) is 8.17. The maximum Gasteiger partial charge on any atom is 0.413 e. The van der Waals surface area contributed by atoms with Gasteiger partial charge in [-0.3, -0.25) is 19.0 Å². The number of nitrogens with one attached hydrogen (secondary N) is 2. The summed E-state index contributed by atoms with van der Waals surface area (Å²) in [6, 6.07) is 4.23. The van der Waals surface area contributed by atoms with Gasteiger partial charge in [-0.2, -0.15) is 0 Å². The van der Waals surface area contributed by atoms with Crippen molar-refractivity contribution in [3.8, 4) is 0 Å². The van der Waals surface area contributed by atoms with E-state index in [0.717, 1.165) is 4.90 Å². The molecule has 0 bridgehead atoms. The molecule has 176 valence electrons. The van der Waals surface area contributed by atoms with E-state index < -0.39 is 32.2 Å². The van der Waals surface area contributed by atoms with Gasteiger partial charge in [-0.25, -0.2) is 17.6 Å². The minimum absolute atomic E-state index is 0.00130. The van der Waals surface area contributed by atoms with Crippen molar-refractivity contribution in [1.29, 1.82) is 0 Å². The molecule has 0 radical (unpaired) electrons. The number of halogens is 2. The molecule has 2 aliphatic rings. The normalized spacial score (nSPS) is 16.3. The number of sulfonamides is 1. The standard InChI is InChI=1S/C21H22BrFN4O5S/c1-3-6-21(7-8-21)33(31,32)25-17-16(24-15-5-4-13(22)11-14(15)23)12(2)19(28)26-9-10-27(18(17)26)20(29)30/h3-5,11,24-25H,1,6-10H2,2H3,(H,29,30). The van der Waals surface area contributed by atoms with Gasteiger partial charge in [0.2, 0.25) is 10.0 Å². The Bertz CT molecular complexity index is 1340. The first-order chi connectivity index (χ1) is 15.5. The lowest BCUT2D eigenvalue weighted by Crippen LogP contribution is -2.33. The molecule has 0 atom stereocenters. The number of hydrogen-bond acceptors (Lipinski definition) is 5. The van der Waals surface area contributed by atoms with Crippen molar-refractivity contribution < 1.29 is 22.7 Å². The molecule has 33 heavy (non-hydrogen) atoms. The Kier molecular flexibility index (Phi) is 5.77. The molecule has 4 rings (SSSR count). The molecule has 3 N–H and O–H groups in total. The van der Waals surface area contributed by atoms with Gasteiger partial charge in [0.25, 0.3) is 5.56 Å². The molecule has 1 fully saturated rings. The van der Waals surface area contributed by atoms with Gasteiger partial charge < -0.3 is 10.4 Å². The monoisotopic (exact) mass is 540 g/mol. The Morgan fingerprint density at radius 3 is 2.61 bits per heavy atom. The van der Waals surface area contributed by atoms with Gasteiger partial charge in [0.05, 0.1) is 16.1 Å². The minimum atomic E-state index is -3.99. The summed E-state index contributed by atoms with van der Waals surface area (Å²) in [5.41, 5.74) is -0.482. The second-order valence-electron chi connectivity index (χ2n) is 8.12. The Morgan fingerprint density at radius 2 is 2.03 bits per heavy atom. The number of pyridine rings is 1. The molecule has 1 aliphatic carbocycles. The molecule has 9 nitrogen and oxygen atoms in total. The molecule has 12 heteroatoms. The van der Waals surface area contributed by atoms with Crippen LogP contribution < -0.4 is 20.5 Å². The van der Waals surface area contributed by atoms with Gasteiger partial charge in [0, 0.05) is 23.1 Å². The third-order valence-corrected chi connectivity index (χ3v) is 8.71. The number of fused-ring (bicyclic) bond motifs is 1. The summed E-state index contributed by atoms with van der Waals surface area (Å²) in [5, 5.41) is 12.5. The Balaban J connectivity index is 1.93. The average molecular weight is 541 g/mol. The van der Waals surface area contributed by atoms with E-state index in [0.29, 0.717) is 17.3 Å². The van der Waals surface area contributed by atoms with Crippen molar-refractivity contribution in [2.75, 3.05) is 21.5 Å². The molecule has 0 unspecified atom stereocenters. The van der Waals surface area contributed by atoms with Gasteiger partial charge in [0.15, 0.2) is 0 Å². The van der Waals surface area contributed by atoms with Crippen LogP contribution in [0, 0.1) is 12.7 Å². The Morgan fingerprint density at radius 1 is 1.33 bits per heavy atom. The van der Waals surface area contributed by atoms with Crippen molar-refractivity contribution in [3.05, 3.63) is 57.1 Å². The van der Waals surface area contributed by atoms with Crippen molar-refractivity contribution in [2.45, 2.75) is 37.5 Å². The van der Waals surface area contributed by atoms with Crippen LogP contribution in [-0.2, 0) is 16.6 Å². The first-order valence-electron chi connectivity index (χ1n) is 10.1. The van der Waals surface area contributed by atoms with Crippen molar-refractivity contribution in [1.82, 2.24) is 4.57 Å². The van der Waals surface area contributed by atoms with Crippen molar-refractivity contribution in [2.24, 2.45) is 0 Å². The van der Waals surface area contributed by atoms with E-state index in [1.165, 1.54) is 29.7 Å². The first kappa shape index (κ1) is 23.3. The number of aromatic nitrogens is 1. The van der Waals surface area contributed by atoms with Crippen LogP contribution in [0.15, 0.2) is 40.1 Å². The molecule has 0 saturated heterocycles. The molecule has 2 aromatic rings. The number of hydrogen-bond donors (Lipinski definition) is 3. The number of carboxylic acid groups (broad SMARTS) is 1. The smallest absolute Gasteiger partial charge is 0.413 e. The van der Waals surface area contributed by atoms with E-state index >= 15 is 0 Å². The molecule has 1 aliphatic heterocycles. The summed E-state index contributed by atoms with van der Waals surface area (Å²) in [5.74, 6) is -0.741. The van der Waals surface area contributed by atoms with E-state index in [4.69, 9.17) is 0 Å². The fourth-order valence-electron chi connectivity index (χ4n) is 4.03. The highest BCUT2D eigenvalue weighted by Crippen LogP contribution is 2.49. The number of benzene rings is 1. The molecular formula is C21H22BrFN4O5S. The Hall–Kier alpha value is -2.86. The Labute approximate surface area is 198 Å². The number of amides is 1. The largest absolute Gasteiger partial charge is 0.465 e. The second-order valence-corrected chi connectivity index (χ2v) is 11.1. The van der Waals surface area contributed by atoms with Gasteiger partial charge in [-0.05, 0) is 44.4 Å². The van der Waals surface area contributed by atoms with Gasteiger partial charge in [-0.1, -0.05) is 22.0 Å². The lowest BCUT2D eigenvalue weighted by atomic mass is 10.2. The lowest BCUT2D eigenvalue weighted by molar-refractivity contribution is 0.202. The van der Waals surface area contributed by atoms with Gasteiger partial charge >= 0.3 is 6.09 Å². The van der Waals surface area contributed by atoms with Gasteiger partial charge in [0.1, 0.15) is 17.3 Å². The molecular weight excluding hydrogens is 519 g/mol. The van der Waals surface area contributed by atoms with Crippen LogP contribution in [0.4, 0.5) is 32.1 Å². The number of allylic oxidation sites excluding steroid dienone is 1. The summed E-state index contributed by atoms with van der Waals surface area (Å²) >= 11 is 3.18. The number of rotatable bonds is 7. The van der Waals surface area contributed by atoms with E-state index in [1.54, 1.807) is 6.07 Å². The van der Waals surface area contributed by atoms with Crippen LogP contribution in [0.1, 0.15) is 24.8 Å². The zero-order valence-electron chi connectivity index (χ0n) is 17.7. The molecule has 1 aromatic heterocycles. The zero-order valence-corrected chi connectivity index (χ0v) is 20.1. The van der Waals surface area contributed by atoms with Crippen LogP contribution in [0.2, 0.25) is 0 Å². The summed E-state index contributed by atoms with van der Waals surface area (Å²) in [7, 11) is -3.99. The number of carbonyl (C=O) groups is 1. The van der Waals surface area contributed by atoms with Crippen LogP contribution >= 0.6 is 15.9 Å². The molecule has 2 heterocycles.